The molecular formula is C16H14N2O7. The van der Waals surface area contributed by atoms with E-state index >= 15 is 0 Å². The van der Waals surface area contributed by atoms with Gasteiger partial charge in [-0.3, -0.25) is 14.9 Å². The minimum absolute atomic E-state index is 0.00897. The molecule has 0 bridgehead atoms. The molecule has 1 amide bonds. The molecule has 2 aromatic rings. The number of rotatable bonds is 5. The third-order valence-corrected chi connectivity index (χ3v) is 3.58. The van der Waals surface area contributed by atoms with Crippen molar-refractivity contribution in [1.29, 1.82) is 0 Å². The van der Waals surface area contributed by atoms with Gasteiger partial charge in [0.15, 0.2) is 23.0 Å². The lowest BCUT2D eigenvalue weighted by molar-refractivity contribution is -0.384. The molecule has 25 heavy (non-hydrogen) atoms. The summed E-state index contributed by atoms with van der Waals surface area (Å²) in [6.07, 6.45) is 0. The molecule has 0 saturated heterocycles. The molecular weight excluding hydrogens is 332 g/mol. The van der Waals surface area contributed by atoms with Crippen molar-refractivity contribution < 1.29 is 28.7 Å². The zero-order valence-electron chi connectivity index (χ0n) is 13.4. The van der Waals surface area contributed by atoms with Crippen molar-refractivity contribution in [2.75, 3.05) is 26.3 Å². The van der Waals surface area contributed by atoms with E-state index in [4.69, 9.17) is 18.9 Å². The first-order chi connectivity index (χ1) is 12.0. The predicted octanol–water partition coefficient (Wildman–Crippen LogP) is 2.59. The second-order valence-corrected chi connectivity index (χ2v) is 5.00. The maximum atomic E-state index is 12.4. The first-order valence-corrected chi connectivity index (χ1v) is 7.15. The van der Waals surface area contributed by atoms with Gasteiger partial charge in [-0.05, 0) is 18.2 Å². The number of nitrogens with one attached hydrogen (secondary N) is 1. The van der Waals surface area contributed by atoms with Crippen molar-refractivity contribution in [2.45, 2.75) is 0 Å². The average molecular weight is 346 g/mol. The Bertz CT molecular complexity index is 851. The highest BCUT2D eigenvalue weighted by molar-refractivity contribution is 6.06. The van der Waals surface area contributed by atoms with Crippen LogP contribution in [0.4, 0.5) is 11.4 Å². The van der Waals surface area contributed by atoms with E-state index in [1.54, 1.807) is 6.07 Å². The van der Waals surface area contributed by atoms with Crippen molar-refractivity contribution in [3.8, 4) is 23.0 Å². The van der Waals surface area contributed by atoms with Crippen LogP contribution in [0.25, 0.3) is 0 Å². The van der Waals surface area contributed by atoms with Gasteiger partial charge in [-0.25, -0.2) is 0 Å². The van der Waals surface area contributed by atoms with Gasteiger partial charge in [0, 0.05) is 11.6 Å². The van der Waals surface area contributed by atoms with Gasteiger partial charge in [0.05, 0.1) is 25.2 Å². The van der Waals surface area contributed by atoms with E-state index in [0.717, 1.165) is 0 Å². The number of carbonyl (C=O) groups excluding carboxylic acids is 1. The second-order valence-electron chi connectivity index (χ2n) is 5.00. The minimum Gasteiger partial charge on any atom is -0.493 e. The molecule has 2 aromatic carbocycles. The highest BCUT2D eigenvalue weighted by Gasteiger charge is 2.22. The fourth-order valence-corrected chi connectivity index (χ4v) is 2.35. The summed E-state index contributed by atoms with van der Waals surface area (Å²) in [6.45, 7) is 0.0849. The minimum atomic E-state index is -0.614. The van der Waals surface area contributed by atoms with Crippen LogP contribution in [0.1, 0.15) is 10.4 Å². The summed E-state index contributed by atoms with van der Waals surface area (Å²) < 4.78 is 20.6. The molecule has 1 aliphatic heterocycles. The molecule has 130 valence electrons. The van der Waals surface area contributed by atoms with Crippen molar-refractivity contribution in [1.82, 2.24) is 0 Å². The number of hydrogen-bond acceptors (Lipinski definition) is 7. The number of anilines is 1. The molecule has 0 aliphatic carbocycles. The molecule has 0 saturated carbocycles. The van der Waals surface area contributed by atoms with E-state index in [-0.39, 0.29) is 35.2 Å². The molecule has 0 unspecified atom stereocenters. The molecule has 1 aliphatic rings. The fourth-order valence-electron chi connectivity index (χ4n) is 2.35. The lowest BCUT2D eigenvalue weighted by Crippen LogP contribution is -2.13. The summed E-state index contributed by atoms with van der Waals surface area (Å²) in [6, 6.07) is 7.16. The Hall–Kier alpha value is -3.49. The lowest BCUT2D eigenvalue weighted by Gasteiger charge is -2.11. The maximum absolute atomic E-state index is 12.4. The van der Waals surface area contributed by atoms with Crippen LogP contribution in [0.3, 0.4) is 0 Å². The van der Waals surface area contributed by atoms with Crippen molar-refractivity contribution >= 4 is 17.3 Å². The monoisotopic (exact) mass is 346 g/mol. The normalized spacial score (nSPS) is 11.8. The van der Waals surface area contributed by atoms with Gasteiger partial charge in [0.1, 0.15) is 5.69 Å². The Morgan fingerprint density at radius 3 is 2.48 bits per heavy atom. The van der Waals surface area contributed by atoms with Crippen LogP contribution >= 0.6 is 0 Å². The average Bonchev–Trinajstić information content (AvgIpc) is 3.08. The molecule has 0 aromatic heterocycles. The number of benzene rings is 2. The Morgan fingerprint density at radius 2 is 1.80 bits per heavy atom. The second kappa shape index (κ2) is 6.56. The van der Waals surface area contributed by atoms with Crippen LogP contribution < -0.4 is 24.3 Å². The molecule has 1 heterocycles. The Morgan fingerprint density at radius 1 is 1.12 bits per heavy atom. The number of carbonyl (C=O) groups is 1. The number of nitro benzene ring substituents is 1. The molecule has 0 spiro atoms. The van der Waals surface area contributed by atoms with Crippen LogP contribution in [0, 0.1) is 10.1 Å². The molecule has 9 nitrogen and oxygen atoms in total. The predicted molar refractivity (Wildman–Crippen MR) is 86.7 cm³/mol. The fraction of sp³-hybridized carbons (Fsp3) is 0.188. The van der Waals surface area contributed by atoms with Gasteiger partial charge in [0.2, 0.25) is 6.79 Å². The van der Waals surface area contributed by atoms with Crippen LogP contribution in [0.5, 0.6) is 23.0 Å². The number of nitro groups is 1. The Kier molecular flexibility index (Phi) is 4.29. The van der Waals surface area contributed by atoms with Crippen molar-refractivity contribution in [3.63, 3.8) is 0 Å². The first-order valence-electron chi connectivity index (χ1n) is 7.15. The van der Waals surface area contributed by atoms with Gasteiger partial charge in [0.25, 0.3) is 11.6 Å². The highest BCUT2D eigenvalue weighted by Crippen LogP contribution is 2.38. The number of methoxy groups -OCH3 is 2. The van der Waals surface area contributed by atoms with Crippen molar-refractivity contribution in [3.05, 3.63) is 46.0 Å². The summed E-state index contributed by atoms with van der Waals surface area (Å²) in [5, 5.41) is 13.8. The van der Waals surface area contributed by atoms with E-state index in [1.807, 2.05) is 0 Å². The standard InChI is InChI=1S/C16H14N2O7/c1-22-13-6-10(11(18(20)21)7-14(13)23-2)17-16(19)9-3-4-12-15(5-9)25-8-24-12/h3-7H,8H2,1-2H3,(H,17,19). The summed E-state index contributed by atoms with van der Waals surface area (Å²) in [7, 11) is 2.76. The number of ether oxygens (including phenoxy) is 4. The van der Waals surface area contributed by atoms with E-state index < -0.39 is 10.8 Å². The van der Waals surface area contributed by atoms with Gasteiger partial charge in [-0.15, -0.1) is 0 Å². The van der Waals surface area contributed by atoms with E-state index in [2.05, 4.69) is 5.32 Å². The van der Waals surface area contributed by atoms with Crippen LogP contribution in [-0.4, -0.2) is 31.8 Å². The van der Waals surface area contributed by atoms with Gasteiger partial charge >= 0.3 is 0 Å². The highest BCUT2D eigenvalue weighted by atomic mass is 16.7. The number of fused-ring (bicyclic) bond motifs is 1. The smallest absolute Gasteiger partial charge is 0.296 e. The van der Waals surface area contributed by atoms with E-state index in [1.165, 1.54) is 38.5 Å². The molecule has 0 radical (unpaired) electrons. The van der Waals surface area contributed by atoms with Gasteiger partial charge < -0.3 is 24.3 Å². The van der Waals surface area contributed by atoms with Gasteiger partial charge in [-0.2, -0.15) is 0 Å². The van der Waals surface area contributed by atoms with E-state index in [9.17, 15) is 14.9 Å². The van der Waals surface area contributed by atoms with Crippen molar-refractivity contribution in [2.24, 2.45) is 0 Å². The topological polar surface area (TPSA) is 109 Å². The summed E-state index contributed by atoms with van der Waals surface area (Å²) in [5.74, 6) is 0.890. The zero-order chi connectivity index (χ0) is 18.0. The summed E-state index contributed by atoms with van der Waals surface area (Å²) in [5.41, 5.74) is -0.0506. The maximum Gasteiger partial charge on any atom is 0.296 e. The molecule has 3 rings (SSSR count). The van der Waals surface area contributed by atoms with Crippen LogP contribution in [0.15, 0.2) is 30.3 Å². The Labute approximate surface area is 142 Å². The number of nitrogens with zero attached hydrogens (tertiary/aromatic N) is 1. The lowest BCUT2D eigenvalue weighted by atomic mass is 10.1. The Balaban J connectivity index is 1.93. The number of amides is 1. The molecule has 0 fully saturated rings. The quantitative estimate of drug-likeness (QED) is 0.654. The first kappa shape index (κ1) is 16.4. The summed E-state index contributed by atoms with van der Waals surface area (Å²) >= 11 is 0. The largest absolute Gasteiger partial charge is 0.493 e. The molecule has 0 atom stereocenters. The third-order valence-electron chi connectivity index (χ3n) is 3.58. The summed E-state index contributed by atoms with van der Waals surface area (Å²) in [4.78, 5) is 23.1. The van der Waals surface area contributed by atoms with Gasteiger partial charge in [-0.1, -0.05) is 0 Å². The third kappa shape index (κ3) is 3.11. The van der Waals surface area contributed by atoms with Crippen LogP contribution in [0.2, 0.25) is 0 Å². The molecule has 9 heteroatoms. The SMILES string of the molecule is COc1cc(NC(=O)c2ccc3c(c2)OCO3)c([N+](=O)[O-])cc1OC. The van der Waals surface area contributed by atoms with E-state index in [0.29, 0.717) is 11.5 Å². The molecule has 1 N–H and O–H groups in total. The van der Waals surface area contributed by atoms with Crippen LogP contribution in [-0.2, 0) is 0 Å². The zero-order valence-corrected chi connectivity index (χ0v) is 13.4. The number of hydrogen-bond donors (Lipinski definition) is 1.